The first-order chi connectivity index (χ1) is 22.7. The van der Waals surface area contributed by atoms with Crippen molar-refractivity contribution >= 4 is 68.9 Å². The highest BCUT2D eigenvalue weighted by Crippen LogP contribution is 2.44. The number of halogens is 2. The standard InChI is InChI=1S/C35H27Cl2N3O5S2/c1-20-5-3-4-6-23(20)18-45-27-15-10-22(11-16-27)31(41)29-30(21-8-13-26(44-2)14-9-21)40(33(43)32(29)42)34-38-39-35(47-34)46-19-24-7-12-25(36)17-28(24)37/h3-17,30,41H,18-19H2,1-2H3. The fraction of sp³-hybridized carbons (Fsp3) is 0.143. The van der Waals surface area contributed by atoms with Crippen molar-refractivity contribution < 1.29 is 24.2 Å². The van der Waals surface area contributed by atoms with Crippen LogP contribution < -0.4 is 14.4 Å². The Balaban J connectivity index is 1.30. The molecule has 1 N–H and O–H groups in total. The molecule has 1 aliphatic rings. The summed E-state index contributed by atoms with van der Waals surface area (Å²) in [5.74, 6) is -0.276. The average molecular weight is 705 g/mol. The normalized spacial score (nSPS) is 15.7. The predicted molar refractivity (Wildman–Crippen MR) is 186 cm³/mol. The maximum Gasteiger partial charge on any atom is 0.301 e. The number of amides is 1. The first-order valence-corrected chi connectivity index (χ1v) is 16.9. The Kier molecular flexibility index (Phi) is 9.84. The van der Waals surface area contributed by atoms with Gasteiger partial charge in [-0.15, -0.1) is 10.2 Å². The molecule has 47 heavy (non-hydrogen) atoms. The molecule has 0 saturated carbocycles. The van der Waals surface area contributed by atoms with E-state index in [1.807, 2.05) is 37.3 Å². The van der Waals surface area contributed by atoms with Crippen LogP contribution in [0.1, 0.15) is 33.9 Å². The van der Waals surface area contributed by atoms with Crippen LogP contribution in [0.25, 0.3) is 5.76 Å². The molecule has 4 aromatic carbocycles. The summed E-state index contributed by atoms with van der Waals surface area (Å²) in [5, 5.41) is 21.4. The Bertz CT molecular complexity index is 1980. The number of aromatic nitrogens is 2. The number of methoxy groups -OCH3 is 1. The highest BCUT2D eigenvalue weighted by Gasteiger charge is 2.48. The molecule has 12 heteroatoms. The van der Waals surface area contributed by atoms with Crippen LogP contribution in [0.2, 0.25) is 10.0 Å². The van der Waals surface area contributed by atoms with E-state index in [9.17, 15) is 14.7 Å². The molecular weight excluding hydrogens is 677 g/mol. The van der Waals surface area contributed by atoms with Crippen LogP contribution in [-0.2, 0) is 21.9 Å². The van der Waals surface area contributed by atoms with Crippen molar-refractivity contribution in [1.29, 1.82) is 0 Å². The zero-order valence-electron chi connectivity index (χ0n) is 25.1. The molecule has 1 aromatic heterocycles. The van der Waals surface area contributed by atoms with Gasteiger partial charge in [-0.25, -0.2) is 0 Å². The maximum atomic E-state index is 13.6. The molecule has 6 rings (SSSR count). The molecule has 1 fully saturated rings. The molecule has 8 nitrogen and oxygen atoms in total. The van der Waals surface area contributed by atoms with E-state index >= 15 is 0 Å². The van der Waals surface area contributed by atoms with Gasteiger partial charge in [0.05, 0.1) is 18.7 Å². The number of ketones is 1. The number of rotatable bonds is 10. The maximum absolute atomic E-state index is 13.6. The first kappa shape index (κ1) is 32.6. The fourth-order valence-corrected chi connectivity index (χ4v) is 7.49. The first-order valence-electron chi connectivity index (χ1n) is 14.4. The second kappa shape index (κ2) is 14.2. The van der Waals surface area contributed by atoms with Crippen molar-refractivity contribution in [3.8, 4) is 11.5 Å². The number of ether oxygens (including phenoxy) is 2. The van der Waals surface area contributed by atoms with Crippen LogP contribution in [0.5, 0.6) is 11.5 Å². The van der Waals surface area contributed by atoms with Crippen LogP contribution in [0.15, 0.2) is 101 Å². The average Bonchev–Trinajstić information content (AvgIpc) is 3.65. The molecule has 1 unspecified atom stereocenters. The minimum atomic E-state index is -0.964. The van der Waals surface area contributed by atoms with Gasteiger partial charge in [-0.1, -0.05) is 88.8 Å². The third kappa shape index (κ3) is 7.01. The molecule has 1 atom stereocenters. The van der Waals surface area contributed by atoms with Gasteiger partial charge in [0.25, 0.3) is 5.78 Å². The minimum absolute atomic E-state index is 0.0638. The molecule has 2 heterocycles. The SMILES string of the molecule is COc1ccc(C2C(=C(O)c3ccc(OCc4ccccc4C)cc3)C(=O)C(=O)N2c2nnc(SCc3ccc(Cl)cc3Cl)s2)cc1. The summed E-state index contributed by atoms with van der Waals surface area (Å²) in [7, 11) is 1.55. The van der Waals surface area contributed by atoms with Crippen molar-refractivity contribution in [2.75, 3.05) is 12.0 Å². The second-order valence-corrected chi connectivity index (χ2v) is 13.6. The van der Waals surface area contributed by atoms with Gasteiger partial charge in [-0.3, -0.25) is 14.5 Å². The highest BCUT2D eigenvalue weighted by atomic mass is 35.5. The number of hydrogen-bond donors (Lipinski definition) is 1. The third-order valence-corrected chi connectivity index (χ3v) is 10.3. The Morgan fingerprint density at radius 2 is 1.66 bits per heavy atom. The number of thioether (sulfide) groups is 1. The molecule has 0 bridgehead atoms. The molecule has 1 aliphatic heterocycles. The fourth-order valence-electron chi connectivity index (χ4n) is 5.07. The number of hydrogen-bond acceptors (Lipinski definition) is 9. The smallest absolute Gasteiger partial charge is 0.301 e. The lowest BCUT2D eigenvalue weighted by molar-refractivity contribution is -0.132. The van der Waals surface area contributed by atoms with E-state index in [1.165, 1.54) is 28.0 Å². The van der Waals surface area contributed by atoms with Crippen LogP contribution >= 0.6 is 46.3 Å². The van der Waals surface area contributed by atoms with Crippen molar-refractivity contribution in [2.45, 2.75) is 29.7 Å². The van der Waals surface area contributed by atoms with Crippen LogP contribution in [0, 0.1) is 6.92 Å². The van der Waals surface area contributed by atoms with Crippen LogP contribution in [0.4, 0.5) is 5.13 Å². The molecule has 1 saturated heterocycles. The number of aliphatic hydroxyl groups excluding tert-OH is 1. The highest BCUT2D eigenvalue weighted by molar-refractivity contribution is 8.00. The van der Waals surface area contributed by atoms with Crippen molar-refractivity contribution in [2.24, 2.45) is 0 Å². The largest absolute Gasteiger partial charge is 0.507 e. The number of carbonyl (C=O) groups is 2. The quantitative estimate of drug-likeness (QED) is 0.0507. The number of aryl methyl sites for hydroxylation is 1. The van der Waals surface area contributed by atoms with Crippen molar-refractivity contribution in [1.82, 2.24) is 10.2 Å². The van der Waals surface area contributed by atoms with Gasteiger partial charge >= 0.3 is 5.91 Å². The zero-order chi connectivity index (χ0) is 33.1. The Hall–Kier alpha value is -4.35. The van der Waals surface area contributed by atoms with Gasteiger partial charge < -0.3 is 14.6 Å². The number of Topliss-reactive ketones (excluding diaryl/α,β-unsaturated/α-hetero) is 1. The predicted octanol–water partition coefficient (Wildman–Crippen LogP) is 8.66. The van der Waals surface area contributed by atoms with E-state index in [4.69, 9.17) is 32.7 Å². The zero-order valence-corrected chi connectivity index (χ0v) is 28.3. The van der Waals surface area contributed by atoms with Gasteiger partial charge in [0, 0.05) is 21.4 Å². The van der Waals surface area contributed by atoms with E-state index in [0.29, 0.717) is 49.4 Å². The Morgan fingerprint density at radius 1 is 0.936 bits per heavy atom. The number of nitrogens with zero attached hydrogens (tertiary/aromatic N) is 3. The number of anilines is 1. The Morgan fingerprint density at radius 3 is 2.36 bits per heavy atom. The summed E-state index contributed by atoms with van der Waals surface area (Å²) in [4.78, 5) is 28.5. The minimum Gasteiger partial charge on any atom is -0.507 e. The third-order valence-electron chi connectivity index (χ3n) is 7.63. The second-order valence-electron chi connectivity index (χ2n) is 10.6. The van der Waals surface area contributed by atoms with Gasteiger partial charge in [0.15, 0.2) is 4.34 Å². The van der Waals surface area contributed by atoms with E-state index in [1.54, 1.807) is 67.8 Å². The van der Waals surface area contributed by atoms with E-state index in [2.05, 4.69) is 10.2 Å². The topological polar surface area (TPSA) is 102 Å². The van der Waals surface area contributed by atoms with Crippen LogP contribution in [0.3, 0.4) is 0 Å². The number of carbonyl (C=O) groups excluding carboxylic acids is 2. The summed E-state index contributed by atoms with van der Waals surface area (Å²) in [6.45, 7) is 2.41. The lowest BCUT2D eigenvalue weighted by Gasteiger charge is -2.22. The van der Waals surface area contributed by atoms with Crippen molar-refractivity contribution in [3.63, 3.8) is 0 Å². The van der Waals surface area contributed by atoms with E-state index < -0.39 is 17.7 Å². The van der Waals surface area contributed by atoms with Crippen LogP contribution in [-0.4, -0.2) is 34.1 Å². The van der Waals surface area contributed by atoms with E-state index in [0.717, 1.165) is 16.7 Å². The lowest BCUT2D eigenvalue weighted by Crippen LogP contribution is -2.29. The van der Waals surface area contributed by atoms with Crippen molar-refractivity contribution in [3.05, 3.63) is 134 Å². The van der Waals surface area contributed by atoms with Gasteiger partial charge in [-0.2, -0.15) is 0 Å². The molecule has 0 aliphatic carbocycles. The molecule has 238 valence electrons. The Labute approximate surface area is 289 Å². The van der Waals surface area contributed by atoms with Gasteiger partial charge in [0.2, 0.25) is 5.13 Å². The lowest BCUT2D eigenvalue weighted by atomic mass is 9.95. The number of benzene rings is 4. The summed E-state index contributed by atoms with van der Waals surface area (Å²) in [6, 6.07) is 26.0. The summed E-state index contributed by atoms with van der Waals surface area (Å²) >= 11 is 14.9. The molecule has 0 spiro atoms. The molecule has 1 amide bonds. The molecule has 5 aromatic rings. The summed E-state index contributed by atoms with van der Waals surface area (Å²) in [6.07, 6.45) is 0. The van der Waals surface area contributed by atoms with E-state index in [-0.39, 0.29) is 16.5 Å². The molecule has 0 radical (unpaired) electrons. The summed E-state index contributed by atoms with van der Waals surface area (Å²) < 4.78 is 11.8. The molecular formula is C35H27Cl2N3O5S2. The monoisotopic (exact) mass is 703 g/mol. The van der Waals surface area contributed by atoms with Gasteiger partial charge in [-0.05, 0) is 77.7 Å². The number of aliphatic hydroxyl groups is 1. The van der Waals surface area contributed by atoms with Gasteiger partial charge in [0.1, 0.15) is 23.9 Å². The summed E-state index contributed by atoms with van der Waals surface area (Å²) in [5.41, 5.74) is 3.93.